The van der Waals surface area contributed by atoms with Gasteiger partial charge in [0, 0.05) is 36.9 Å². The number of carbonyl (C=O) groups excluding carboxylic acids is 5. The van der Waals surface area contributed by atoms with Crippen LogP contribution in [0.5, 0.6) is 0 Å². The van der Waals surface area contributed by atoms with Gasteiger partial charge in [-0.1, -0.05) is 22.0 Å². The molecule has 1 aromatic rings. The molecule has 1 aromatic carbocycles. The van der Waals surface area contributed by atoms with Crippen LogP contribution in [0.25, 0.3) is 0 Å². The lowest BCUT2D eigenvalue weighted by Crippen LogP contribution is -2.54. The molecule has 2 aliphatic heterocycles. The van der Waals surface area contributed by atoms with Crippen molar-refractivity contribution in [3.63, 3.8) is 0 Å². The third-order valence-corrected chi connectivity index (χ3v) is 6.06. The zero-order chi connectivity index (χ0) is 23.1. The predicted octanol–water partition coefficient (Wildman–Crippen LogP) is 1.96. The molecule has 1 atom stereocenters. The van der Waals surface area contributed by atoms with Gasteiger partial charge in [0.05, 0.1) is 11.1 Å². The highest BCUT2D eigenvalue weighted by Gasteiger charge is 2.45. The molecule has 0 aromatic heterocycles. The number of anilines is 1. The van der Waals surface area contributed by atoms with Gasteiger partial charge in [-0.15, -0.1) is 0 Å². The molecule has 3 rings (SSSR count). The molecule has 1 fully saturated rings. The third-order valence-electron chi connectivity index (χ3n) is 5.50. The second-order valence-electron chi connectivity index (χ2n) is 7.81. The van der Waals surface area contributed by atoms with E-state index >= 15 is 0 Å². The van der Waals surface area contributed by atoms with Crippen molar-refractivity contribution in [1.29, 1.82) is 0 Å². The highest BCUT2D eigenvalue weighted by molar-refractivity contribution is 9.09. The molecule has 1 saturated heterocycles. The molecule has 2 heterocycles. The summed E-state index contributed by atoms with van der Waals surface area (Å²) in [6.07, 6.45) is 4.12. The van der Waals surface area contributed by atoms with Crippen molar-refractivity contribution in [2.45, 2.75) is 51.0 Å². The molecule has 172 valence electrons. The number of fused-ring (bicyclic) bond motifs is 1. The average Bonchev–Trinajstić information content (AvgIpc) is 3.02. The molecule has 10 heteroatoms. The first kappa shape index (κ1) is 23.9. The number of hydrogen-bond donors (Lipinski definition) is 3. The number of rotatable bonds is 11. The molecule has 9 nitrogen and oxygen atoms in total. The molecular formula is C22H27BrN4O5. The maximum Gasteiger partial charge on any atom is 0.264 e. The summed E-state index contributed by atoms with van der Waals surface area (Å²) in [5.41, 5.74) is 1.04. The topological polar surface area (TPSA) is 125 Å². The number of nitrogens with zero attached hydrogens (tertiary/aromatic N) is 1. The van der Waals surface area contributed by atoms with E-state index in [0.29, 0.717) is 25.2 Å². The second kappa shape index (κ2) is 11.2. The summed E-state index contributed by atoms with van der Waals surface area (Å²) in [6.45, 7) is 1.15. The normalized spacial score (nSPS) is 17.9. The molecule has 0 aliphatic carbocycles. The van der Waals surface area contributed by atoms with Gasteiger partial charge in [0.25, 0.3) is 11.8 Å². The van der Waals surface area contributed by atoms with Crippen LogP contribution < -0.4 is 16.0 Å². The minimum absolute atomic E-state index is 0.0532. The number of piperidine rings is 1. The molecule has 32 heavy (non-hydrogen) atoms. The molecule has 0 bridgehead atoms. The Kier molecular flexibility index (Phi) is 8.38. The summed E-state index contributed by atoms with van der Waals surface area (Å²) >= 11 is 3.34. The number of benzene rings is 1. The highest BCUT2D eigenvalue weighted by atomic mass is 79.9. The number of imide groups is 2. The van der Waals surface area contributed by atoms with Crippen molar-refractivity contribution < 1.29 is 24.0 Å². The third kappa shape index (κ3) is 5.53. The minimum atomic E-state index is -0.980. The van der Waals surface area contributed by atoms with Gasteiger partial charge in [-0.25, -0.2) is 0 Å². The van der Waals surface area contributed by atoms with E-state index in [9.17, 15) is 24.0 Å². The SMILES string of the molecule is O=C(CCCCBr)NCCCCNc1cccc2c1C(=O)N(C1CCC(=O)NC1=O)C2=O. The van der Waals surface area contributed by atoms with Crippen LogP contribution in [-0.2, 0) is 14.4 Å². The van der Waals surface area contributed by atoms with Gasteiger partial charge in [-0.05, 0) is 44.2 Å². The van der Waals surface area contributed by atoms with Crippen molar-refractivity contribution in [3.8, 4) is 0 Å². The maximum atomic E-state index is 13.0. The summed E-state index contributed by atoms with van der Waals surface area (Å²) in [7, 11) is 0. The molecule has 3 N–H and O–H groups in total. The van der Waals surface area contributed by atoms with E-state index in [1.807, 2.05) is 0 Å². The molecule has 5 amide bonds. The first-order chi connectivity index (χ1) is 15.4. The summed E-state index contributed by atoms with van der Waals surface area (Å²) < 4.78 is 0. The van der Waals surface area contributed by atoms with E-state index in [-0.39, 0.29) is 29.9 Å². The van der Waals surface area contributed by atoms with Crippen LogP contribution >= 0.6 is 15.9 Å². The Labute approximate surface area is 194 Å². The van der Waals surface area contributed by atoms with Crippen LogP contribution in [0.15, 0.2) is 18.2 Å². The monoisotopic (exact) mass is 506 g/mol. The average molecular weight is 507 g/mol. The number of amides is 5. The number of halogens is 1. The first-order valence-electron chi connectivity index (χ1n) is 10.8. The molecule has 2 aliphatic rings. The Morgan fingerprint density at radius 2 is 1.84 bits per heavy atom. The zero-order valence-electron chi connectivity index (χ0n) is 17.7. The number of nitrogens with one attached hydrogen (secondary N) is 3. The molecule has 1 unspecified atom stereocenters. The van der Waals surface area contributed by atoms with Crippen LogP contribution in [0, 0.1) is 0 Å². The highest BCUT2D eigenvalue weighted by Crippen LogP contribution is 2.32. The largest absolute Gasteiger partial charge is 0.384 e. The van der Waals surface area contributed by atoms with Gasteiger partial charge in [0.1, 0.15) is 6.04 Å². The molecule has 0 radical (unpaired) electrons. The summed E-state index contributed by atoms with van der Waals surface area (Å²) in [6, 6.07) is 4.00. The van der Waals surface area contributed by atoms with Gasteiger partial charge >= 0.3 is 0 Å². The lowest BCUT2D eigenvalue weighted by atomic mass is 10.0. The Morgan fingerprint density at radius 1 is 1.06 bits per heavy atom. The number of unbranched alkanes of at least 4 members (excludes halogenated alkanes) is 2. The Balaban J connectivity index is 1.52. The molecule has 0 saturated carbocycles. The Morgan fingerprint density at radius 3 is 2.59 bits per heavy atom. The van der Waals surface area contributed by atoms with E-state index in [2.05, 4.69) is 31.9 Å². The van der Waals surface area contributed by atoms with E-state index in [1.54, 1.807) is 18.2 Å². The summed E-state index contributed by atoms with van der Waals surface area (Å²) in [4.78, 5) is 62.1. The van der Waals surface area contributed by atoms with Crippen LogP contribution in [0.2, 0.25) is 0 Å². The van der Waals surface area contributed by atoms with Gasteiger partial charge < -0.3 is 10.6 Å². The van der Waals surface area contributed by atoms with E-state index in [4.69, 9.17) is 0 Å². The summed E-state index contributed by atoms with van der Waals surface area (Å²) in [5.74, 6) is -2.03. The zero-order valence-corrected chi connectivity index (χ0v) is 19.3. The Bertz CT molecular complexity index is 920. The van der Waals surface area contributed by atoms with E-state index in [1.165, 1.54) is 0 Å². The number of carbonyl (C=O) groups is 5. The number of hydrogen-bond acceptors (Lipinski definition) is 6. The standard InChI is InChI=1S/C22H27BrN4O5/c23-11-2-1-8-17(28)25-13-4-3-12-24-15-7-5-6-14-19(15)22(32)27(21(14)31)16-9-10-18(29)26-20(16)30/h5-7,16,24H,1-4,8-13H2,(H,25,28)(H,26,29,30). The van der Waals surface area contributed by atoms with E-state index < -0.39 is 29.7 Å². The smallest absolute Gasteiger partial charge is 0.264 e. The second-order valence-corrected chi connectivity index (χ2v) is 8.60. The number of alkyl halides is 1. The van der Waals surface area contributed by atoms with Crippen molar-refractivity contribution in [1.82, 2.24) is 15.5 Å². The lowest BCUT2D eigenvalue weighted by Gasteiger charge is -2.27. The maximum absolute atomic E-state index is 13.0. The van der Waals surface area contributed by atoms with Crippen molar-refractivity contribution in [3.05, 3.63) is 29.3 Å². The van der Waals surface area contributed by atoms with Crippen LogP contribution in [0.3, 0.4) is 0 Å². The lowest BCUT2D eigenvalue weighted by molar-refractivity contribution is -0.136. The van der Waals surface area contributed by atoms with Crippen LogP contribution in [-0.4, -0.2) is 58.9 Å². The minimum Gasteiger partial charge on any atom is -0.384 e. The van der Waals surface area contributed by atoms with Crippen molar-refractivity contribution >= 4 is 51.2 Å². The summed E-state index contributed by atoms with van der Waals surface area (Å²) in [5, 5.41) is 9.18. The Hall–Kier alpha value is -2.75. The van der Waals surface area contributed by atoms with Gasteiger partial charge in [0.15, 0.2) is 0 Å². The van der Waals surface area contributed by atoms with E-state index in [0.717, 1.165) is 35.9 Å². The predicted molar refractivity (Wildman–Crippen MR) is 121 cm³/mol. The van der Waals surface area contributed by atoms with Crippen LogP contribution in [0.4, 0.5) is 5.69 Å². The molecule has 0 spiro atoms. The van der Waals surface area contributed by atoms with Crippen LogP contribution in [0.1, 0.15) is 65.7 Å². The van der Waals surface area contributed by atoms with Crippen molar-refractivity contribution in [2.24, 2.45) is 0 Å². The van der Waals surface area contributed by atoms with Crippen molar-refractivity contribution in [2.75, 3.05) is 23.7 Å². The quantitative estimate of drug-likeness (QED) is 0.239. The fraction of sp³-hybridized carbons (Fsp3) is 0.500. The fourth-order valence-electron chi connectivity index (χ4n) is 3.83. The first-order valence-corrected chi connectivity index (χ1v) is 12.0. The van der Waals surface area contributed by atoms with Gasteiger partial charge in [-0.2, -0.15) is 0 Å². The fourth-order valence-corrected chi connectivity index (χ4v) is 4.23. The molecular weight excluding hydrogens is 480 g/mol. The van der Waals surface area contributed by atoms with Gasteiger partial charge in [-0.3, -0.25) is 34.2 Å². The van der Waals surface area contributed by atoms with Gasteiger partial charge in [0.2, 0.25) is 17.7 Å².